The fourth-order valence-electron chi connectivity index (χ4n) is 1.37. The lowest BCUT2D eigenvalue weighted by molar-refractivity contribution is -0.110. The lowest BCUT2D eigenvalue weighted by Crippen LogP contribution is -2.40. The van der Waals surface area contributed by atoms with Gasteiger partial charge in [-0.25, -0.2) is 0 Å². The van der Waals surface area contributed by atoms with E-state index in [9.17, 15) is 4.79 Å². The van der Waals surface area contributed by atoms with Crippen molar-refractivity contribution in [3.63, 3.8) is 0 Å². The monoisotopic (exact) mass is 174 g/mol. The molecular formula is C10H10N2O. The van der Waals surface area contributed by atoms with Crippen molar-refractivity contribution < 1.29 is 4.79 Å². The minimum absolute atomic E-state index is 0.366. The Hall–Kier alpha value is -1.64. The molecule has 0 bridgehead atoms. The van der Waals surface area contributed by atoms with Gasteiger partial charge < -0.3 is 4.90 Å². The highest BCUT2D eigenvalue weighted by molar-refractivity contribution is 5.59. The second-order valence-electron chi connectivity index (χ2n) is 3.03. The van der Waals surface area contributed by atoms with Crippen LogP contribution in [0.5, 0.6) is 0 Å². The van der Waals surface area contributed by atoms with E-state index < -0.39 is 0 Å². The van der Waals surface area contributed by atoms with Gasteiger partial charge in [0.1, 0.15) is 0 Å². The third kappa shape index (κ3) is 1.33. The third-order valence-corrected chi connectivity index (χ3v) is 2.09. The summed E-state index contributed by atoms with van der Waals surface area (Å²) in [5.41, 5.74) is 0. The molecule has 1 aliphatic heterocycles. The van der Waals surface area contributed by atoms with Crippen LogP contribution in [0.15, 0.2) is 29.3 Å². The summed E-state index contributed by atoms with van der Waals surface area (Å²) >= 11 is 0. The van der Waals surface area contributed by atoms with Crippen LogP contribution in [0.2, 0.25) is 0 Å². The molecule has 0 amide bonds. The van der Waals surface area contributed by atoms with Gasteiger partial charge in [0.15, 0.2) is 12.5 Å². The molecule has 1 aromatic rings. The van der Waals surface area contributed by atoms with Crippen LogP contribution in [0.25, 0.3) is 6.20 Å². The van der Waals surface area contributed by atoms with E-state index in [0.29, 0.717) is 0 Å². The Balaban J connectivity index is 2.65. The van der Waals surface area contributed by atoms with E-state index in [1.807, 2.05) is 37.5 Å². The first-order valence-corrected chi connectivity index (χ1v) is 4.13. The van der Waals surface area contributed by atoms with Crippen molar-refractivity contribution in [2.24, 2.45) is 4.99 Å². The Morgan fingerprint density at radius 2 is 2.23 bits per heavy atom. The Labute approximate surface area is 76.0 Å². The maximum atomic E-state index is 10.6. The standard InChI is InChI=1S/C10H10N2O/c1-12-6-8-4-2-3-5-9(8)11-10(12)7-13/h2-7,10H,1H3. The van der Waals surface area contributed by atoms with Crippen molar-refractivity contribution in [3.8, 4) is 0 Å². The maximum absolute atomic E-state index is 10.6. The van der Waals surface area contributed by atoms with Gasteiger partial charge in [-0.3, -0.25) is 9.79 Å². The first-order valence-electron chi connectivity index (χ1n) is 4.13. The summed E-state index contributed by atoms with van der Waals surface area (Å²) in [6, 6.07) is 7.77. The minimum Gasteiger partial charge on any atom is -0.353 e. The SMILES string of the molecule is CN1C=c2ccccc2=NC1C=O. The Morgan fingerprint density at radius 3 is 3.00 bits per heavy atom. The number of nitrogens with zero attached hydrogens (tertiary/aromatic N) is 2. The van der Waals surface area contributed by atoms with Crippen LogP contribution in [0.3, 0.4) is 0 Å². The Bertz CT molecular complexity index is 438. The number of hydrogen-bond donors (Lipinski definition) is 0. The highest BCUT2D eigenvalue weighted by atomic mass is 16.1. The summed E-state index contributed by atoms with van der Waals surface area (Å²) in [6.45, 7) is 0. The highest BCUT2D eigenvalue weighted by Gasteiger charge is 2.10. The largest absolute Gasteiger partial charge is 0.353 e. The van der Waals surface area contributed by atoms with Crippen molar-refractivity contribution in [2.75, 3.05) is 7.05 Å². The highest BCUT2D eigenvalue weighted by Crippen LogP contribution is 1.96. The molecule has 1 atom stereocenters. The van der Waals surface area contributed by atoms with Gasteiger partial charge in [-0.05, 0) is 6.07 Å². The fraction of sp³-hybridized carbons (Fsp3) is 0.200. The van der Waals surface area contributed by atoms with E-state index in [2.05, 4.69) is 4.99 Å². The van der Waals surface area contributed by atoms with Gasteiger partial charge in [0.05, 0.1) is 5.36 Å². The summed E-state index contributed by atoms with van der Waals surface area (Å²) in [7, 11) is 1.85. The summed E-state index contributed by atoms with van der Waals surface area (Å²) in [5.74, 6) is 0. The maximum Gasteiger partial charge on any atom is 0.177 e. The summed E-state index contributed by atoms with van der Waals surface area (Å²) in [4.78, 5) is 16.7. The zero-order valence-corrected chi connectivity index (χ0v) is 7.34. The molecule has 2 rings (SSSR count). The zero-order valence-electron chi connectivity index (χ0n) is 7.34. The van der Waals surface area contributed by atoms with E-state index in [1.54, 1.807) is 4.90 Å². The Morgan fingerprint density at radius 1 is 1.46 bits per heavy atom. The number of hydrogen-bond acceptors (Lipinski definition) is 3. The van der Waals surface area contributed by atoms with Crippen molar-refractivity contribution in [3.05, 3.63) is 34.8 Å². The molecular weight excluding hydrogens is 164 g/mol. The summed E-state index contributed by atoms with van der Waals surface area (Å²) in [5, 5.41) is 1.95. The second kappa shape index (κ2) is 3.01. The number of rotatable bonds is 1. The lowest BCUT2D eigenvalue weighted by atomic mass is 10.2. The Kier molecular flexibility index (Phi) is 1.85. The number of fused-ring (bicyclic) bond motifs is 1. The molecule has 0 saturated heterocycles. The molecule has 1 unspecified atom stereocenters. The minimum atomic E-state index is -0.366. The van der Waals surface area contributed by atoms with Crippen molar-refractivity contribution >= 4 is 12.5 Å². The molecule has 0 spiro atoms. The van der Waals surface area contributed by atoms with Gasteiger partial charge in [-0.2, -0.15) is 0 Å². The van der Waals surface area contributed by atoms with Crippen LogP contribution >= 0.6 is 0 Å². The molecule has 0 N–H and O–H groups in total. The van der Waals surface area contributed by atoms with Gasteiger partial charge in [0.25, 0.3) is 0 Å². The zero-order chi connectivity index (χ0) is 9.26. The van der Waals surface area contributed by atoms with Crippen LogP contribution in [-0.2, 0) is 4.79 Å². The summed E-state index contributed by atoms with van der Waals surface area (Å²) < 4.78 is 0. The van der Waals surface area contributed by atoms with Crippen LogP contribution in [-0.4, -0.2) is 24.4 Å². The van der Waals surface area contributed by atoms with E-state index in [0.717, 1.165) is 16.9 Å². The van der Waals surface area contributed by atoms with Crippen molar-refractivity contribution in [1.29, 1.82) is 0 Å². The molecule has 0 fully saturated rings. The number of carbonyl (C=O) groups excluding carboxylic acids is 1. The third-order valence-electron chi connectivity index (χ3n) is 2.09. The van der Waals surface area contributed by atoms with Crippen LogP contribution < -0.4 is 10.6 Å². The van der Waals surface area contributed by atoms with Gasteiger partial charge in [-0.1, -0.05) is 18.2 Å². The second-order valence-corrected chi connectivity index (χ2v) is 3.03. The van der Waals surface area contributed by atoms with Crippen molar-refractivity contribution in [1.82, 2.24) is 4.90 Å². The number of likely N-dealkylation sites (N-methyl/N-ethyl adjacent to an activating group) is 1. The molecule has 0 radical (unpaired) electrons. The predicted octanol–water partition coefficient (Wildman–Crippen LogP) is -0.485. The van der Waals surface area contributed by atoms with E-state index in [1.165, 1.54) is 0 Å². The molecule has 0 aromatic heterocycles. The van der Waals surface area contributed by atoms with E-state index in [-0.39, 0.29) is 6.17 Å². The average Bonchev–Trinajstić information content (AvgIpc) is 2.17. The molecule has 1 aromatic carbocycles. The number of benzene rings is 1. The predicted molar refractivity (Wildman–Crippen MR) is 49.3 cm³/mol. The average molecular weight is 174 g/mol. The molecule has 13 heavy (non-hydrogen) atoms. The van der Waals surface area contributed by atoms with Gasteiger partial charge in [-0.15, -0.1) is 0 Å². The number of carbonyl (C=O) groups is 1. The van der Waals surface area contributed by atoms with Gasteiger partial charge in [0.2, 0.25) is 0 Å². The normalized spacial score (nSPS) is 19.8. The van der Waals surface area contributed by atoms with Crippen LogP contribution in [0.4, 0.5) is 0 Å². The molecule has 0 saturated carbocycles. The van der Waals surface area contributed by atoms with Gasteiger partial charge in [0, 0.05) is 18.5 Å². The fourth-order valence-corrected chi connectivity index (χ4v) is 1.37. The lowest BCUT2D eigenvalue weighted by Gasteiger charge is -2.20. The number of para-hydroxylation sites is 1. The topological polar surface area (TPSA) is 32.7 Å². The first-order chi connectivity index (χ1) is 6.31. The van der Waals surface area contributed by atoms with E-state index in [4.69, 9.17) is 0 Å². The first kappa shape index (κ1) is 7.98. The molecule has 66 valence electrons. The van der Waals surface area contributed by atoms with Crippen LogP contribution in [0, 0.1) is 0 Å². The molecule has 1 heterocycles. The smallest absolute Gasteiger partial charge is 0.177 e. The quantitative estimate of drug-likeness (QED) is 0.538. The molecule has 3 heteroatoms. The number of aldehydes is 1. The summed E-state index contributed by atoms with van der Waals surface area (Å²) in [6.07, 6.45) is 2.41. The van der Waals surface area contributed by atoms with Crippen LogP contribution in [0.1, 0.15) is 0 Å². The van der Waals surface area contributed by atoms with Crippen molar-refractivity contribution in [2.45, 2.75) is 6.17 Å². The van der Waals surface area contributed by atoms with Gasteiger partial charge >= 0.3 is 0 Å². The van der Waals surface area contributed by atoms with E-state index >= 15 is 0 Å². The molecule has 3 nitrogen and oxygen atoms in total. The molecule has 1 aliphatic rings. The molecule has 0 aliphatic carbocycles.